The molecule has 5 heteroatoms. The predicted octanol–water partition coefficient (Wildman–Crippen LogP) is 2.83. The minimum absolute atomic E-state index is 0.0208. The van der Waals surface area contributed by atoms with Crippen molar-refractivity contribution in [3.8, 4) is 0 Å². The number of aliphatic hydroxyl groups is 1. The molecular formula is C14H17N3O2. The van der Waals surface area contributed by atoms with Crippen molar-refractivity contribution in [1.82, 2.24) is 10.2 Å². The summed E-state index contributed by atoms with van der Waals surface area (Å²) in [6, 6.07) is 10.1. The highest BCUT2D eigenvalue weighted by Crippen LogP contribution is 2.33. The van der Waals surface area contributed by atoms with E-state index in [2.05, 4.69) is 15.5 Å². The van der Waals surface area contributed by atoms with Gasteiger partial charge in [-0.05, 0) is 25.0 Å². The molecule has 2 atom stereocenters. The van der Waals surface area contributed by atoms with E-state index in [4.69, 9.17) is 4.42 Å². The number of hydrogen-bond acceptors (Lipinski definition) is 5. The van der Waals surface area contributed by atoms with E-state index in [1.807, 2.05) is 30.3 Å². The van der Waals surface area contributed by atoms with Crippen LogP contribution in [0.1, 0.15) is 37.5 Å². The van der Waals surface area contributed by atoms with E-state index in [0.717, 1.165) is 31.4 Å². The van der Waals surface area contributed by atoms with Gasteiger partial charge < -0.3 is 14.8 Å². The number of nitrogens with zero attached hydrogens (tertiary/aromatic N) is 2. The molecule has 0 aliphatic heterocycles. The Morgan fingerprint density at radius 3 is 2.68 bits per heavy atom. The minimum atomic E-state index is -0.362. The van der Waals surface area contributed by atoms with Crippen LogP contribution in [-0.4, -0.2) is 21.4 Å². The highest BCUT2D eigenvalue weighted by Gasteiger charge is 2.29. The third-order valence-electron chi connectivity index (χ3n) is 3.51. The second kappa shape index (κ2) is 5.40. The second-order valence-electron chi connectivity index (χ2n) is 4.89. The third-order valence-corrected chi connectivity index (χ3v) is 3.51. The Labute approximate surface area is 111 Å². The van der Waals surface area contributed by atoms with Crippen LogP contribution in [0.2, 0.25) is 0 Å². The van der Waals surface area contributed by atoms with Crippen LogP contribution in [0.3, 0.4) is 0 Å². The molecule has 5 nitrogen and oxygen atoms in total. The first kappa shape index (κ1) is 12.2. The Hall–Kier alpha value is -1.88. The maximum atomic E-state index is 9.97. The largest absolute Gasteiger partial charge is 0.407 e. The van der Waals surface area contributed by atoms with Crippen molar-refractivity contribution in [2.45, 2.75) is 37.7 Å². The molecule has 0 saturated heterocycles. The van der Waals surface area contributed by atoms with Crippen LogP contribution in [0.25, 0.3) is 0 Å². The van der Waals surface area contributed by atoms with Crippen LogP contribution in [0, 0.1) is 0 Å². The molecule has 0 unspecified atom stereocenters. The smallest absolute Gasteiger partial charge is 0.320 e. The standard InChI is InChI=1S/C14H17N3O2/c18-12-9-5-4-8-11(12)13-16-17-14(19-13)15-10-6-2-1-3-7-10/h1-3,6-7,11-12,18H,4-5,8-9H2,(H,15,17)/t11-,12-/m1/s1. The SMILES string of the molecule is O[C@@H]1CCCC[C@H]1c1nnc(Nc2ccccc2)o1. The van der Waals surface area contributed by atoms with Crippen molar-refractivity contribution in [3.63, 3.8) is 0 Å². The summed E-state index contributed by atoms with van der Waals surface area (Å²) < 4.78 is 5.60. The summed E-state index contributed by atoms with van der Waals surface area (Å²) in [5, 5.41) is 21.1. The molecule has 100 valence electrons. The first-order chi connectivity index (χ1) is 9.33. The number of nitrogens with one attached hydrogen (secondary N) is 1. The first-order valence-corrected chi connectivity index (χ1v) is 6.66. The van der Waals surface area contributed by atoms with Crippen LogP contribution in [0.5, 0.6) is 0 Å². The van der Waals surface area contributed by atoms with E-state index in [1.165, 1.54) is 0 Å². The summed E-state index contributed by atoms with van der Waals surface area (Å²) in [5.41, 5.74) is 0.905. The molecule has 1 aromatic carbocycles. The maximum absolute atomic E-state index is 9.97. The molecule has 0 spiro atoms. The number of benzene rings is 1. The molecule has 1 aliphatic rings. The summed E-state index contributed by atoms with van der Waals surface area (Å²) in [4.78, 5) is 0. The Kier molecular flexibility index (Phi) is 3.46. The fourth-order valence-electron chi connectivity index (χ4n) is 2.48. The van der Waals surface area contributed by atoms with E-state index in [9.17, 15) is 5.11 Å². The average Bonchev–Trinajstić information content (AvgIpc) is 2.89. The molecule has 1 aromatic heterocycles. The molecule has 1 saturated carbocycles. The molecule has 3 rings (SSSR count). The fourth-order valence-corrected chi connectivity index (χ4v) is 2.48. The highest BCUT2D eigenvalue weighted by atomic mass is 16.4. The fraction of sp³-hybridized carbons (Fsp3) is 0.429. The van der Waals surface area contributed by atoms with Gasteiger partial charge >= 0.3 is 6.01 Å². The normalized spacial score (nSPS) is 23.2. The summed E-state index contributed by atoms with van der Waals surface area (Å²) in [6.07, 6.45) is 3.54. The van der Waals surface area contributed by atoms with Gasteiger partial charge in [0.25, 0.3) is 0 Å². The Morgan fingerprint density at radius 1 is 1.11 bits per heavy atom. The third kappa shape index (κ3) is 2.76. The molecule has 1 heterocycles. The summed E-state index contributed by atoms with van der Waals surface area (Å²) in [6.45, 7) is 0. The average molecular weight is 259 g/mol. The first-order valence-electron chi connectivity index (χ1n) is 6.66. The van der Waals surface area contributed by atoms with Gasteiger partial charge in [-0.25, -0.2) is 0 Å². The maximum Gasteiger partial charge on any atom is 0.320 e. The van der Waals surface area contributed by atoms with Crippen LogP contribution in [0.4, 0.5) is 11.7 Å². The number of para-hydroxylation sites is 1. The summed E-state index contributed by atoms with van der Waals surface area (Å²) in [7, 11) is 0. The van der Waals surface area contributed by atoms with Crippen LogP contribution >= 0.6 is 0 Å². The van der Waals surface area contributed by atoms with E-state index in [-0.39, 0.29) is 12.0 Å². The summed E-state index contributed by atoms with van der Waals surface area (Å²) in [5.74, 6) is 0.512. The lowest BCUT2D eigenvalue weighted by molar-refractivity contribution is 0.0944. The lowest BCUT2D eigenvalue weighted by Gasteiger charge is -2.24. The number of rotatable bonds is 3. The molecule has 2 N–H and O–H groups in total. The molecule has 0 amide bonds. The molecular weight excluding hydrogens is 242 g/mol. The van der Waals surface area contributed by atoms with Gasteiger partial charge in [-0.3, -0.25) is 0 Å². The Balaban J connectivity index is 1.72. The van der Waals surface area contributed by atoms with E-state index >= 15 is 0 Å². The molecule has 2 aromatic rings. The lowest BCUT2D eigenvalue weighted by Crippen LogP contribution is -2.22. The number of aromatic nitrogens is 2. The molecule has 0 radical (unpaired) electrons. The van der Waals surface area contributed by atoms with E-state index in [0.29, 0.717) is 11.9 Å². The van der Waals surface area contributed by atoms with Crippen molar-refractivity contribution in [2.24, 2.45) is 0 Å². The lowest BCUT2D eigenvalue weighted by atomic mass is 9.86. The van der Waals surface area contributed by atoms with Crippen molar-refractivity contribution in [2.75, 3.05) is 5.32 Å². The highest BCUT2D eigenvalue weighted by molar-refractivity contribution is 5.50. The van der Waals surface area contributed by atoms with Gasteiger partial charge in [0.1, 0.15) is 0 Å². The minimum Gasteiger partial charge on any atom is -0.407 e. The Morgan fingerprint density at radius 2 is 1.89 bits per heavy atom. The van der Waals surface area contributed by atoms with Crippen LogP contribution < -0.4 is 5.32 Å². The molecule has 0 bridgehead atoms. The molecule has 1 aliphatic carbocycles. The van der Waals surface area contributed by atoms with E-state index in [1.54, 1.807) is 0 Å². The number of anilines is 2. The number of aliphatic hydroxyl groups excluding tert-OH is 1. The number of hydrogen-bond donors (Lipinski definition) is 2. The topological polar surface area (TPSA) is 71.2 Å². The van der Waals surface area contributed by atoms with Crippen LogP contribution in [-0.2, 0) is 0 Å². The van der Waals surface area contributed by atoms with Crippen molar-refractivity contribution in [3.05, 3.63) is 36.2 Å². The van der Waals surface area contributed by atoms with Crippen molar-refractivity contribution < 1.29 is 9.52 Å². The predicted molar refractivity (Wildman–Crippen MR) is 71.2 cm³/mol. The van der Waals surface area contributed by atoms with Crippen molar-refractivity contribution >= 4 is 11.7 Å². The van der Waals surface area contributed by atoms with Gasteiger partial charge in [0, 0.05) is 5.69 Å². The summed E-state index contributed by atoms with van der Waals surface area (Å²) >= 11 is 0. The monoisotopic (exact) mass is 259 g/mol. The van der Waals surface area contributed by atoms with Crippen LogP contribution in [0.15, 0.2) is 34.7 Å². The van der Waals surface area contributed by atoms with Gasteiger partial charge in [-0.1, -0.05) is 36.1 Å². The van der Waals surface area contributed by atoms with Gasteiger partial charge in [0.15, 0.2) is 0 Å². The zero-order chi connectivity index (χ0) is 13.1. The van der Waals surface area contributed by atoms with Crippen molar-refractivity contribution in [1.29, 1.82) is 0 Å². The Bertz CT molecular complexity index is 526. The van der Waals surface area contributed by atoms with Gasteiger partial charge in [0.05, 0.1) is 12.0 Å². The van der Waals surface area contributed by atoms with Gasteiger partial charge in [-0.2, -0.15) is 0 Å². The molecule has 19 heavy (non-hydrogen) atoms. The van der Waals surface area contributed by atoms with E-state index < -0.39 is 0 Å². The zero-order valence-corrected chi connectivity index (χ0v) is 10.6. The molecule has 1 fully saturated rings. The quantitative estimate of drug-likeness (QED) is 0.886. The zero-order valence-electron chi connectivity index (χ0n) is 10.6. The second-order valence-corrected chi connectivity index (χ2v) is 4.89. The van der Waals surface area contributed by atoms with Gasteiger partial charge in [-0.15, -0.1) is 5.10 Å². The van der Waals surface area contributed by atoms with Gasteiger partial charge in [0.2, 0.25) is 5.89 Å².